The van der Waals surface area contributed by atoms with Crippen molar-refractivity contribution in [3.63, 3.8) is 0 Å². The van der Waals surface area contributed by atoms with E-state index in [0.29, 0.717) is 23.2 Å². The third-order valence-electron chi connectivity index (χ3n) is 3.00. The molecule has 102 valence electrons. The minimum absolute atomic E-state index is 0.339. The van der Waals surface area contributed by atoms with E-state index in [0.717, 1.165) is 11.3 Å². The molecular formula is C16H12N4O. The van der Waals surface area contributed by atoms with Gasteiger partial charge in [-0.1, -0.05) is 12.1 Å². The van der Waals surface area contributed by atoms with Gasteiger partial charge in [-0.25, -0.2) is 0 Å². The van der Waals surface area contributed by atoms with Gasteiger partial charge in [0.25, 0.3) is 0 Å². The first-order chi connectivity index (χ1) is 10.1. The quantitative estimate of drug-likeness (QED) is 0.892. The van der Waals surface area contributed by atoms with E-state index >= 15 is 0 Å². The van der Waals surface area contributed by atoms with E-state index in [2.05, 4.69) is 5.32 Å². The van der Waals surface area contributed by atoms with Crippen molar-refractivity contribution in [1.82, 2.24) is 0 Å². The second-order valence-corrected chi connectivity index (χ2v) is 4.40. The highest BCUT2D eigenvalue weighted by Crippen LogP contribution is 2.15. The number of carbonyl (C=O) groups excluding carboxylic acids is 1. The highest BCUT2D eigenvalue weighted by atomic mass is 16.1. The summed E-state index contributed by atoms with van der Waals surface area (Å²) in [6.07, 6.45) is 0. The molecule has 1 amide bonds. The van der Waals surface area contributed by atoms with Gasteiger partial charge in [0.05, 0.1) is 11.1 Å². The van der Waals surface area contributed by atoms with Gasteiger partial charge in [0, 0.05) is 17.8 Å². The SMILES string of the molecule is N#Cc1ccc(NCc2ccc(C(N)=O)cc2)cc1C#N. The number of amides is 1. The Hall–Kier alpha value is -3.31. The number of hydrogen-bond acceptors (Lipinski definition) is 4. The Balaban J connectivity index is 2.08. The molecule has 5 heteroatoms. The summed E-state index contributed by atoms with van der Waals surface area (Å²) in [5.41, 5.74) is 8.06. The number of carbonyl (C=O) groups is 1. The number of nitriles is 2. The summed E-state index contributed by atoms with van der Waals surface area (Å²) >= 11 is 0. The lowest BCUT2D eigenvalue weighted by molar-refractivity contribution is 0.100. The number of nitrogens with zero attached hydrogens (tertiary/aromatic N) is 2. The van der Waals surface area contributed by atoms with Gasteiger partial charge in [0.1, 0.15) is 12.1 Å². The number of nitrogens with one attached hydrogen (secondary N) is 1. The zero-order valence-corrected chi connectivity index (χ0v) is 11.1. The van der Waals surface area contributed by atoms with Crippen molar-refractivity contribution in [2.24, 2.45) is 5.73 Å². The molecule has 2 aromatic carbocycles. The van der Waals surface area contributed by atoms with Crippen LogP contribution in [0.5, 0.6) is 0 Å². The van der Waals surface area contributed by atoms with Crippen LogP contribution < -0.4 is 11.1 Å². The normalized spacial score (nSPS) is 9.43. The fourth-order valence-corrected chi connectivity index (χ4v) is 1.84. The molecule has 2 rings (SSSR count). The predicted molar refractivity (Wildman–Crippen MR) is 78.2 cm³/mol. The van der Waals surface area contributed by atoms with Gasteiger partial charge in [-0.2, -0.15) is 10.5 Å². The summed E-state index contributed by atoms with van der Waals surface area (Å²) in [6, 6.07) is 15.9. The van der Waals surface area contributed by atoms with E-state index in [9.17, 15) is 4.79 Å². The Morgan fingerprint density at radius 3 is 2.29 bits per heavy atom. The molecule has 0 aliphatic carbocycles. The Kier molecular flexibility index (Phi) is 4.18. The number of benzene rings is 2. The average molecular weight is 276 g/mol. The molecule has 5 nitrogen and oxygen atoms in total. The molecule has 0 unspecified atom stereocenters. The summed E-state index contributed by atoms with van der Waals surface area (Å²) in [4.78, 5) is 11.0. The summed E-state index contributed by atoms with van der Waals surface area (Å²) in [6.45, 7) is 0.538. The Morgan fingerprint density at radius 2 is 1.71 bits per heavy atom. The summed E-state index contributed by atoms with van der Waals surface area (Å²) in [5.74, 6) is -0.458. The van der Waals surface area contributed by atoms with Crippen LogP contribution in [0.25, 0.3) is 0 Å². The van der Waals surface area contributed by atoms with E-state index in [-0.39, 0.29) is 0 Å². The highest BCUT2D eigenvalue weighted by Gasteiger charge is 2.03. The second-order valence-electron chi connectivity index (χ2n) is 4.40. The van der Waals surface area contributed by atoms with Crippen LogP contribution in [0, 0.1) is 22.7 Å². The molecule has 0 fully saturated rings. The maximum absolute atomic E-state index is 11.0. The lowest BCUT2D eigenvalue weighted by Crippen LogP contribution is -2.10. The van der Waals surface area contributed by atoms with Crippen LogP contribution in [-0.2, 0) is 6.54 Å². The molecule has 0 aromatic heterocycles. The van der Waals surface area contributed by atoms with Gasteiger partial charge in [-0.3, -0.25) is 4.79 Å². The van der Waals surface area contributed by atoms with E-state index in [1.165, 1.54) is 0 Å². The number of primary amides is 1. The molecule has 3 N–H and O–H groups in total. The van der Waals surface area contributed by atoms with E-state index in [1.807, 2.05) is 24.3 Å². The smallest absolute Gasteiger partial charge is 0.248 e. The molecule has 0 saturated heterocycles. The number of nitrogens with two attached hydrogens (primary N) is 1. The Labute approximate surface area is 122 Å². The van der Waals surface area contributed by atoms with Gasteiger partial charge in [0.2, 0.25) is 5.91 Å². The average Bonchev–Trinajstić information content (AvgIpc) is 2.52. The Morgan fingerprint density at radius 1 is 1.05 bits per heavy atom. The maximum atomic E-state index is 11.0. The third-order valence-corrected chi connectivity index (χ3v) is 3.00. The lowest BCUT2D eigenvalue weighted by atomic mass is 10.1. The monoisotopic (exact) mass is 276 g/mol. The van der Waals surface area contributed by atoms with E-state index in [4.69, 9.17) is 16.3 Å². The van der Waals surface area contributed by atoms with Crippen molar-refractivity contribution >= 4 is 11.6 Å². The van der Waals surface area contributed by atoms with Crippen LogP contribution in [0.1, 0.15) is 27.0 Å². The molecule has 0 atom stereocenters. The molecule has 0 heterocycles. The zero-order chi connectivity index (χ0) is 15.2. The topological polar surface area (TPSA) is 103 Å². The van der Waals surface area contributed by atoms with Crippen LogP contribution in [0.4, 0.5) is 5.69 Å². The third kappa shape index (κ3) is 3.37. The highest BCUT2D eigenvalue weighted by molar-refractivity contribution is 5.92. The summed E-state index contributed by atoms with van der Waals surface area (Å²) in [5, 5.41) is 21.0. The Bertz CT molecular complexity index is 751. The molecule has 2 aromatic rings. The van der Waals surface area contributed by atoms with E-state index in [1.54, 1.807) is 30.3 Å². The van der Waals surface area contributed by atoms with Crippen LogP contribution >= 0.6 is 0 Å². The first-order valence-corrected chi connectivity index (χ1v) is 6.21. The molecular weight excluding hydrogens is 264 g/mol. The zero-order valence-electron chi connectivity index (χ0n) is 11.1. The van der Waals surface area contributed by atoms with Gasteiger partial charge < -0.3 is 11.1 Å². The van der Waals surface area contributed by atoms with E-state index < -0.39 is 5.91 Å². The van der Waals surface area contributed by atoms with Gasteiger partial charge in [0.15, 0.2) is 0 Å². The van der Waals surface area contributed by atoms with Crippen molar-refractivity contribution in [2.75, 3.05) is 5.32 Å². The van der Waals surface area contributed by atoms with Crippen LogP contribution in [0.15, 0.2) is 42.5 Å². The van der Waals surface area contributed by atoms with Crippen molar-refractivity contribution in [3.05, 3.63) is 64.7 Å². The van der Waals surface area contributed by atoms with Crippen LogP contribution in [-0.4, -0.2) is 5.91 Å². The van der Waals surface area contributed by atoms with Gasteiger partial charge >= 0.3 is 0 Å². The summed E-state index contributed by atoms with van der Waals surface area (Å²) < 4.78 is 0. The number of hydrogen-bond donors (Lipinski definition) is 2. The van der Waals surface area contributed by atoms with Crippen LogP contribution in [0.3, 0.4) is 0 Å². The molecule has 0 saturated carbocycles. The lowest BCUT2D eigenvalue weighted by Gasteiger charge is -2.08. The fraction of sp³-hybridized carbons (Fsp3) is 0.0625. The molecule has 0 radical (unpaired) electrons. The van der Waals surface area contributed by atoms with Crippen molar-refractivity contribution in [3.8, 4) is 12.1 Å². The number of anilines is 1. The van der Waals surface area contributed by atoms with Gasteiger partial charge in [-0.05, 0) is 35.9 Å². The van der Waals surface area contributed by atoms with Crippen molar-refractivity contribution < 1.29 is 4.79 Å². The largest absolute Gasteiger partial charge is 0.381 e. The first-order valence-electron chi connectivity index (χ1n) is 6.21. The molecule has 0 aliphatic heterocycles. The molecule has 0 spiro atoms. The fourth-order valence-electron chi connectivity index (χ4n) is 1.84. The molecule has 0 bridgehead atoms. The minimum atomic E-state index is -0.458. The standard InChI is InChI=1S/C16H12N4O/c17-8-13-5-6-15(7-14(13)9-18)20-10-11-1-3-12(4-2-11)16(19)21/h1-7,20H,10H2,(H2,19,21). The summed E-state index contributed by atoms with van der Waals surface area (Å²) in [7, 11) is 0. The van der Waals surface area contributed by atoms with Crippen molar-refractivity contribution in [1.29, 1.82) is 10.5 Å². The maximum Gasteiger partial charge on any atom is 0.248 e. The molecule has 0 aliphatic rings. The van der Waals surface area contributed by atoms with Crippen LogP contribution in [0.2, 0.25) is 0 Å². The van der Waals surface area contributed by atoms with Gasteiger partial charge in [-0.15, -0.1) is 0 Å². The molecule has 21 heavy (non-hydrogen) atoms. The minimum Gasteiger partial charge on any atom is -0.381 e. The van der Waals surface area contributed by atoms with Crippen molar-refractivity contribution in [2.45, 2.75) is 6.54 Å². The number of rotatable bonds is 4. The predicted octanol–water partition coefficient (Wildman–Crippen LogP) is 2.14. The first kappa shape index (κ1) is 14.1. The second kappa shape index (κ2) is 6.23.